The van der Waals surface area contributed by atoms with E-state index in [0.717, 1.165) is 5.56 Å². The van der Waals surface area contributed by atoms with Crippen LogP contribution in [0.1, 0.15) is 28.4 Å². The van der Waals surface area contributed by atoms with Crippen LogP contribution in [0.25, 0.3) is 0 Å². The molecule has 0 spiro atoms. The molecular formula is C27H26BrClN2O5. The van der Waals surface area contributed by atoms with E-state index < -0.39 is 5.91 Å². The third-order valence-electron chi connectivity index (χ3n) is 4.79. The van der Waals surface area contributed by atoms with E-state index in [1.54, 1.807) is 37.5 Å². The molecule has 3 aromatic rings. The zero-order chi connectivity index (χ0) is 25.9. The number of hydrogen-bond donors (Lipinski definition) is 1. The number of carbonyl (C=O) groups is 1. The summed E-state index contributed by atoms with van der Waals surface area (Å²) in [7, 11) is 1.55. The first-order valence-electron chi connectivity index (χ1n) is 11.0. The number of hydrogen-bond acceptors (Lipinski definition) is 6. The average Bonchev–Trinajstić information content (AvgIpc) is 2.88. The first kappa shape index (κ1) is 27.1. The van der Waals surface area contributed by atoms with E-state index in [4.69, 9.17) is 30.5 Å². The second-order valence-electron chi connectivity index (χ2n) is 7.34. The van der Waals surface area contributed by atoms with Crippen molar-refractivity contribution in [2.24, 2.45) is 5.10 Å². The molecule has 0 aliphatic rings. The molecule has 3 aromatic carbocycles. The minimum atomic E-state index is -0.392. The number of benzene rings is 3. The minimum absolute atomic E-state index is 0.333. The summed E-state index contributed by atoms with van der Waals surface area (Å²) in [6.45, 7) is 6.60. The molecule has 1 N–H and O–H groups in total. The zero-order valence-electron chi connectivity index (χ0n) is 19.9. The Morgan fingerprint density at radius 2 is 1.83 bits per heavy atom. The van der Waals surface area contributed by atoms with Crippen LogP contribution in [0.2, 0.25) is 5.02 Å². The molecule has 1 amide bonds. The smallest absolute Gasteiger partial charge is 0.271 e. The van der Waals surface area contributed by atoms with E-state index in [9.17, 15) is 4.79 Å². The maximum atomic E-state index is 12.6. The van der Waals surface area contributed by atoms with Crippen LogP contribution < -0.4 is 24.4 Å². The molecular weight excluding hydrogens is 548 g/mol. The highest BCUT2D eigenvalue weighted by Crippen LogP contribution is 2.37. The summed E-state index contributed by atoms with van der Waals surface area (Å²) in [5.41, 5.74) is 4.57. The Balaban J connectivity index is 1.68. The molecule has 9 heteroatoms. The molecule has 0 radical (unpaired) electrons. The Bertz CT molecular complexity index is 1230. The summed E-state index contributed by atoms with van der Waals surface area (Å²) < 4.78 is 23.3. The fourth-order valence-electron chi connectivity index (χ4n) is 3.11. The van der Waals surface area contributed by atoms with Crippen LogP contribution in [0.4, 0.5) is 0 Å². The highest BCUT2D eigenvalue weighted by Gasteiger charge is 2.13. The lowest BCUT2D eigenvalue weighted by Crippen LogP contribution is -2.17. The lowest BCUT2D eigenvalue weighted by molar-refractivity contribution is 0.0954. The van der Waals surface area contributed by atoms with E-state index in [0.29, 0.717) is 63.4 Å². The van der Waals surface area contributed by atoms with Gasteiger partial charge in [-0.1, -0.05) is 36.4 Å². The van der Waals surface area contributed by atoms with Gasteiger partial charge in [0, 0.05) is 10.6 Å². The van der Waals surface area contributed by atoms with Gasteiger partial charge in [0.1, 0.15) is 13.2 Å². The summed E-state index contributed by atoms with van der Waals surface area (Å²) in [6.07, 6.45) is 3.15. The van der Waals surface area contributed by atoms with E-state index >= 15 is 0 Å². The lowest BCUT2D eigenvalue weighted by Gasteiger charge is -2.13. The van der Waals surface area contributed by atoms with Crippen molar-refractivity contribution in [3.05, 3.63) is 93.4 Å². The first-order chi connectivity index (χ1) is 17.4. The van der Waals surface area contributed by atoms with Gasteiger partial charge in [-0.2, -0.15) is 5.10 Å². The van der Waals surface area contributed by atoms with E-state index in [2.05, 4.69) is 33.0 Å². The Morgan fingerprint density at radius 3 is 2.53 bits per heavy atom. The Labute approximate surface area is 223 Å². The highest BCUT2D eigenvalue weighted by molar-refractivity contribution is 9.10. The van der Waals surface area contributed by atoms with Crippen LogP contribution >= 0.6 is 27.5 Å². The molecule has 36 heavy (non-hydrogen) atoms. The van der Waals surface area contributed by atoms with Gasteiger partial charge in [-0.15, -0.1) is 0 Å². The summed E-state index contributed by atoms with van der Waals surface area (Å²) in [4.78, 5) is 12.6. The average molecular weight is 574 g/mol. The molecule has 0 aliphatic heterocycles. The van der Waals surface area contributed by atoms with Gasteiger partial charge in [-0.3, -0.25) is 4.79 Å². The second-order valence-corrected chi connectivity index (χ2v) is 8.63. The third kappa shape index (κ3) is 7.50. The first-order valence-corrected chi connectivity index (χ1v) is 12.2. The molecule has 0 aliphatic carbocycles. The monoisotopic (exact) mass is 572 g/mol. The van der Waals surface area contributed by atoms with Gasteiger partial charge >= 0.3 is 0 Å². The SMILES string of the molecule is C=CCOc1ccc(C(=O)N/N=C/c2cc(Br)c(OCc3ccc(Cl)cc3)c(OC)c2)cc1OCC. The third-order valence-corrected chi connectivity index (χ3v) is 5.63. The van der Waals surface area contributed by atoms with Crippen LogP contribution in [-0.2, 0) is 6.61 Å². The summed E-state index contributed by atoms with van der Waals surface area (Å²) in [5.74, 6) is 1.68. The normalized spacial score (nSPS) is 10.7. The highest BCUT2D eigenvalue weighted by atomic mass is 79.9. The Kier molecular flexibility index (Phi) is 10.2. The van der Waals surface area contributed by atoms with Gasteiger partial charge in [0.05, 0.1) is 24.4 Å². The van der Waals surface area contributed by atoms with Crippen molar-refractivity contribution < 1.29 is 23.7 Å². The predicted octanol–water partition coefficient (Wildman–Crippen LogP) is 6.42. The Hall–Kier alpha value is -3.49. The zero-order valence-corrected chi connectivity index (χ0v) is 22.3. The van der Waals surface area contributed by atoms with Crippen LogP contribution in [0.5, 0.6) is 23.0 Å². The molecule has 7 nitrogen and oxygen atoms in total. The van der Waals surface area contributed by atoms with Crippen molar-refractivity contribution in [1.82, 2.24) is 5.43 Å². The molecule has 0 saturated carbocycles. The van der Waals surface area contributed by atoms with Gasteiger partial charge in [0.25, 0.3) is 5.91 Å². The number of ether oxygens (including phenoxy) is 4. The number of rotatable bonds is 12. The van der Waals surface area contributed by atoms with Crippen molar-refractivity contribution in [1.29, 1.82) is 0 Å². The fraction of sp³-hybridized carbons (Fsp3) is 0.185. The largest absolute Gasteiger partial charge is 0.493 e. The van der Waals surface area contributed by atoms with Crippen LogP contribution in [0.3, 0.4) is 0 Å². The summed E-state index contributed by atoms with van der Waals surface area (Å²) >= 11 is 9.46. The molecule has 0 aromatic heterocycles. The Morgan fingerprint density at radius 1 is 1.06 bits per heavy atom. The summed E-state index contributed by atoms with van der Waals surface area (Å²) in [5, 5.41) is 4.74. The van der Waals surface area contributed by atoms with Gasteiger partial charge < -0.3 is 18.9 Å². The number of nitrogens with zero attached hydrogens (tertiary/aromatic N) is 1. The van der Waals surface area contributed by atoms with Gasteiger partial charge in [0.15, 0.2) is 23.0 Å². The van der Waals surface area contributed by atoms with E-state index in [1.165, 1.54) is 6.21 Å². The number of methoxy groups -OCH3 is 1. The molecule has 0 fully saturated rings. The molecule has 0 atom stereocenters. The van der Waals surface area contributed by atoms with Crippen molar-refractivity contribution >= 4 is 39.7 Å². The number of halogens is 2. The van der Waals surface area contributed by atoms with E-state index in [1.807, 2.05) is 37.3 Å². The standard InChI is InChI=1S/C27H26BrClN2O5/c1-4-12-35-23-11-8-20(15-24(23)34-5-2)27(32)31-30-16-19-13-22(28)26(25(14-19)33-3)36-17-18-6-9-21(29)10-7-18/h4,6-11,13-16H,1,5,12,17H2,2-3H3,(H,31,32)/b30-16+. The molecule has 0 heterocycles. The molecule has 0 saturated heterocycles. The number of hydrazone groups is 1. The van der Waals surface area contributed by atoms with Gasteiger partial charge in [0.2, 0.25) is 0 Å². The maximum absolute atomic E-state index is 12.6. The van der Waals surface area contributed by atoms with Crippen molar-refractivity contribution in [3.8, 4) is 23.0 Å². The molecule has 0 bridgehead atoms. The van der Waals surface area contributed by atoms with Crippen molar-refractivity contribution in [2.75, 3.05) is 20.3 Å². The predicted molar refractivity (Wildman–Crippen MR) is 145 cm³/mol. The van der Waals surface area contributed by atoms with Crippen LogP contribution in [0.15, 0.2) is 76.8 Å². The minimum Gasteiger partial charge on any atom is -0.493 e. The van der Waals surface area contributed by atoms with Crippen molar-refractivity contribution in [3.63, 3.8) is 0 Å². The van der Waals surface area contributed by atoms with Crippen LogP contribution in [0, 0.1) is 0 Å². The van der Waals surface area contributed by atoms with Gasteiger partial charge in [-0.25, -0.2) is 5.43 Å². The second kappa shape index (κ2) is 13.6. The molecule has 3 rings (SSSR count). The van der Waals surface area contributed by atoms with E-state index in [-0.39, 0.29) is 0 Å². The number of nitrogens with one attached hydrogen (secondary N) is 1. The number of amides is 1. The number of carbonyl (C=O) groups excluding carboxylic acids is 1. The topological polar surface area (TPSA) is 78.4 Å². The lowest BCUT2D eigenvalue weighted by atomic mass is 10.2. The quantitative estimate of drug-likeness (QED) is 0.154. The molecule has 188 valence electrons. The van der Waals surface area contributed by atoms with Crippen molar-refractivity contribution in [2.45, 2.75) is 13.5 Å². The summed E-state index contributed by atoms with van der Waals surface area (Å²) in [6, 6.07) is 15.9. The molecule has 0 unspecified atom stereocenters. The maximum Gasteiger partial charge on any atom is 0.271 e. The fourth-order valence-corrected chi connectivity index (χ4v) is 3.81. The van der Waals surface area contributed by atoms with Crippen LogP contribution in [-0.4, -0.2) is 32.4 Å². The van der Waals surface area contributed by atoms with Gasteiger partial charge in [-0.05, 0) is 76.4 Å².